The Morgan fingerprint density at radius 2 is 1.52 bits per heavy atom. The number of carbonyl (C=O) groups excluding carboxylic acids is 2. The van der Waals surface area contributed by atoms with Crippen LogP contribution in [0, 0.1) is 5.92 Å². The van der Waals surface area contributed by atoms with Crippen LogP contribution in [-0.2, 0) is 9.59 Å². The van der Waals surface area contributed by atoms with Gasteiger partial charge in [-0.05, 0) is 61.4 Å². The summed E-state index contributed by atoms with van der Waals surface area (Å²) < 4.78 is 11.7. The number of methoxy groups -OCH3 is 1. The molecule has 0 aliphatic heterocycles. The average Bonchev–Trinajstić information content (AvgIpc) is 2.96. The molecule has 0 radical (unpaired) electrons. The van der Waals surface area contributed by atoms with Crippen molar-refractivity contribution < 1.29 is 19.1 Å². The lowest BCUT2D eigenvalue weighted by atomic mass is 9.87. The van der Waals surface area contributed by atoms with Crippen LogP contribution in [0.4, 0.5) is 0 Å². The molecule has 3 aromatic carbocycles. The van der Waals surface area contributed by atoms with Gasteiger partial charge in [-0.3, -0.25) is 14.6 Å². The zero-order chi connectivity index (χ0) is 30.6. The Balaban J connectivity index is 2.15. The molecule has 9 heteroatoms. The summed E-state index contributed by atoms with van der Waals surface area (Å²) in [5.41, 5.74) is 3.57. The van der Waals surface area contributed by atoms with Crippen molar-refractivity contribution in [3.05, 3.63) is 93.5 Å². The Hall–Kier alpha value is -3.55. The molecule has 2 amide bonds. The number of amides is 2. The minimum absolute atomic E-state index is 0.0402. The molecule has 0 saturated heterocycles. The minimum Gasteiger partial charge on any atom is -0.497 e. The van der Waals surface area contributed by atoms with Gasteiger partial charge in [0.25, 0.3) is 0 Å². The van der Waals surface area contributed by atoms with Gasteiger partial charge in [0.1, 0.15) is 11.5 Å². The van der Waals surface area contributed by atoms with E-state index in [0.29, 0.717) is 41.0 Å². The van der Waals surface area contributed by atoms with Gasteiger partial charge in [-0.1, -0.05) is 61.3 Å². The zero-order valence-electron chi connectivity index (χ0n) is 24.7. The number of nitrogens with zero attached hydrogens (tertiary/aromatic N) is 1. The van der Waals surface area contributed by atoms with Gasteiger partial charge in [-0.15, -0.1) is 0 Å². The fraction of sp³-hybridized carbons (Fsp3) is 0.364. The molecule has 7 nitrogen and oxygen atoms in total. The summed E-state index contributed by atoms with van der Waals surface area (Å²) in [4.78, 5) is 28.9. The van der Waals surface area contributed by atoms with Crippen LogP contribution < -0.4 is 20.1 Å². The average molecular weight is 613 g/mol. The normalized spacial score (nSPS) is 13.7. The number of rotatable bonds is 15. The van der Waals surface area contributed by atoms with Gasteiger partial charge in [0.2, 0.25) is 12.3 Å². The van der Waals surface area contributed by atoms with Crippen LogP contribution >= 0.6 is 23.2 Å². The third kappa shape index (κ3) is 9.50. The summed E-state index contributed by atoms with van der Waals surface area (Å²) in [5, 5.41) is 6.73. The number of hydrogen-bond donors (Lipinski definition) is 2. The number of hydrogen-bond acceptors (Lipinski definition) is 5. The van der Waals surface area contributed by atoms with Gasteiger partial charge in [0, 0.05) is 58.7 Å². The highest BCUT2D eigenvalue weighted by Crippen LogP contribution is 2.38. The van der Waals surface area contributed by atoms with Gasteiger partial charge >= 0.3 is 0 Å². The Kier molecular flexibility index (Phi) is 12.7. The van der Waals surface area contributed by atoms with E-state index in [1.54, 1.807) is 7.11 Å². The molecule has 3 atom stereocenters. The summed E-state index contributed by atoms with van der Waals surface area (Å²) in [6.07, 6.45) is 0.703. The summed E-state index contributed by atoms with van der Waals surface area (Å²) in [6, 6.07) is 20.8. The molecule has 224 valence electrons. The number of ether oxygens (including phenoxy) is 2. The maximum atomic E-state index is 12.9. The molecule has 3 aromatic rings. The molecule has 0 aromatic heterocycles. The molecule has 3 unspecified atom stereocenters. The van der Waals surface area contributed by atoms with Gasteiger partial charge in [0.05, 0.1) is 19.3 Å². The quantitative estimate of drug-likeness (QED) is 0.110. The van der Waals surface area contributed by atoms with Gasteiger partial charge in [-0.25, -0.2) is 0 Å². The monoisotopic (exact) mass is 611 g/mol. The van der Waals surface area contributed by atoms with Crippen molar-refractivity contribution in [2.75, 3.05) is 20.2 Å². The lowest BCUT2D eigenvalue weighted by molar-refractivity contribution is -0.121. The van der Waals surface area contributed by atoms with Crippen molar-refractivity contribution in [1.82, 2.24) is 10.6 Å². The summed E-state index contributed by atoms with van der Waals surface area (Å²) >= 11 is 12.4. The van der Waals surface area contributed by atoms with E-state index in [0.717, 1.165) is 22.4 Å². The first kappa shape index (κ1) is 33.0. The highest BCUT2D eigenvalue weighted by Gasteiger charge is 2.26. The van der Waals surface area contributed by atoms with E-state index >= 15 is 0 Å². The van der Waals surface area contributed by atoms with E-state index < -0.39 is 0 Å². The van der Waals surface area contributed by atoms with Crippen LogP contribution in [0.2, 0.25) is 10.0 Å². The van der Waals surface area contributed by atoms with E-state index in [-0.39, 0.29) is 36.3 Å². The SMILES string of the molecule is COc1ccc(C(=NC(c2ccc(Cl)cc2)C(C)c2ccc(Cl)cc2)C(C)CC(=O)NCCNC=O)c(OC(C)C)c1. The zero-order valence-corrected chi connectivity index (χ0v) is 26.2. The molecular weight excluding hydrogens is 573 g/mol. The summed E-state index contributed by atoms with van der Waals surface area (Å²) in [5.74, 6) is 0.822. The van der Waals surface area contributed by atoms with E-state index in [1.165, 1.54) is 0 Å². The largest absolute Gasteiger partial charge is 0.497 e. The fourth-order valence-corrected chi connectivity index (χ4v) is 4.92. The van der Waals surface area contributed by atoms with Crippen molar-refractivity contribution in [2.45, 2.75) is 52.2 Å². The Labute approximate surface area is 258 Å². The van der Waals surface area contributed by atoms with E-state index in [4.69, 9.17) is 37.7 Å². The van der Waals surface area contributed by atoms with Gasteiger partial charge < -0.3 is 20.1 Å². The first-order chi connectivity index (χ1) is 20.1. The topological polar surface area (TPSA) is 89.0 Å². The molecule has 42 heavy (non-hydrogen) atoms. The second kappa shape index (κ2) is 16.2. The third-order valence-corrected chi connectivity index (χ3v) is 7.32. The van der Waals surface area contributed by atoms with E-state index in [2.05, 4.69) is 17.6 Å². The molecule has 3 rings (SSSR count). The van der Waals surface area contributed by atoms with Crippen molar-refractivity contribution in [3.8, 4) is 11.5 Å². The molecule has 0 heterocycles. The van der Waals surface area contributed by atoms with Crippen molar-refractivity contribution in [2.24, 2.45) is 10.9 Å². The summed E-state index contributed by atoms with van der Waals surface area (Å²) in [7, 11) is 1.61. The van der Waals surface area contributed by atoms with Crippen molar-refractivity contribution >= 4 is 41.2 Å². The summed E-state index contributed by atoms with van der Waals surface area (Å²) in [6.45, 7) is 8.72. The highest BCUT2D eigenvalue weighted by atomic mass is 35.5. The molecule has 0 spiro atoms. The number of halogens is 2. The molecule has 2 N–H and O–H groups in total. The molecule has 0 fully saturated rings. The second-order valence-corrected chi connectivity index (χ2v) is 11.3. The van der Waals surface area contributed by atoms with Crippen LogP contribution in [0.3, 0.4) is 0 Å². The van der Waals surface area contributed by atoms with Crippen LogP contribution in [-0.4, -0.2) is 44.3 Å². The highest BCUT2D eigenvalue weighted by molar-refractivity contribution is 6.30. The van der Waals surface area contributed by atoms with Gasteiger partial charge in [0.15, 0.2) is 0 Å². The Bertz CT molecular complexity index is 1340. The number of nitrogens with one attached hydrogen (secondary N) is 2. The van der Waals surface area contributed by atoms with Crippen LogP contribution in [0.1, 0.15) is 62.8 Å². The van der Waals surface area contributed by atoms with Crippen molar-refractivity contribution in [1.29, 1.82) is 0 Å². The third-order valence-electron chi connectivity index (χ3n) is 6.82. The molecule has 0 aliphatic rings. The van der Waals surface area contributed by atoms with Gasteiger partial charge in [-0.2, -0.15) is 0 Å². The number of aliphatic imine (C=N–C) groups is 1. The Morgan fingerprint density at radius 3 is 2.10 bits per heavy atom. The predicted octanol–water partition coefficient (Wildman–Crippen LogP) is 7.01. The van der Waals surface area contributed by atoms with Crippen molar-refractivity contribution in [3.63, 3.8) is 0 Å². The van der Waals surface area contributed by atoms with E-state index in [1.807, 2.05) is 87.5 Å². The molecule has 0 bridgehead atoms. The smallest absolute Gasteiger partial charge is 0.220 e. The molecule has 0 aliphatic carbocycles. The van der Waals surface area contributed by atoms with Crippen LogP contribution in [0.15, 0.2) is 71.7 Å². The maximum Gasteiger partial charge on any atom is 0.220 e. The first-order valence-corrected chi connectivity index (χ1v) is 14.8. The number of benzene rings is 3. The first-order valence-electron chi connectivity index (χ1n) is 14.0. The molecule has 0 saturated carbocycles. The number of carbonyl (C=O) groups is 2. The van der Waals surface area contributed by atoms with E-state index in [9.17, 15) is 9.59 Å². The Morgan fingerprint density at radius 1 is 0.905 bits per heavy atom. The van der Waals surface area contributed by atoms with Crippen LogP contribution in [0.25, 0.3) is 0 Å². The second-order valence-electron chi connectivity index (χ2n) is 10.4. The maximum absolute atomic E-state index is 12.9. The lowest BCUT2D eigenvalue weighted by Gasteiger charge is -2.26. The predicted molar refractivity (Wildman–Crippen MR) is 170 cm³/mol. The lowest BCUT2D eigenvalue weighted by Crippen LogP contribution is -2.33. The standard InChI is InChI=1S/C33H39Cl2N3O4/c1-21(2)42-30-19-28(41-5)14-15-29(30)32(22(3)18-31(40)37-17-16-36-20-39)38-33(25-8-12-27(35)13-9-25)23(4)24-6-10-26(34)11-7-24/h6-15,19-23,33H,16-18H2,1-5H3,(H,36,39)(H,37,40). The minimum atomic E-state index is -0.310. The molecular formula is C33H39Cl2N3O4. The van der Waals surface area contributed by atoms with Crippen LogP contribution in [0.5, 0.6) is 11.5 Å². The fourth-order valence-electron chi connectivity index (χ4n) is 4.67.